The second-order valence-electron chi connectivity index (χ2n) is 8.86. The van der Waals surface area contributed by atoms with Crippen molar-refractivity contribution in [1.82, 2.24) is 9.88 Å². The number of fused-ring (bicyclic) bond motifs is 9. The van der Waals surface area contributed by atoms with E-state index in [1.54, 1.807) is 30.0 Å². The molecule has 3 fully saturated rings. The molecule has 7 nitrogen and oxygen atoms in total. The summed E-state index contributed by atoms with van der Waals surface area (Å²) in [7, 11) is 0. The van der Waals surface area contributed by atoms with Crippen molar-refractivity contribution in [2.75, 3.05) is 13.2 Å². The molecule has 0 spiro atoms. The third-order valence-electron chi connectivity index (χ3n) is 7.51. The zero-order valence-electron chi connectivity index (χ0n) is 17.3. The molecule has 0 aromatic carbocycles. The summed E-state index contributed by atoms with van der Waals surface area (Å²) in [5, 5.41) is 3.19. The third-order valence-corrected chi connectivity index (χ3v) is 11.1. The number of imide groups is 1. The lowest BCUT2D eigenvalue weighted by Gasteiger charge is -2.42. The molecule has 0 radical (unpaired) electrons. The summed E-state index contributed by atoms with van der Waals surface area (Å²) in [6, 6.07) is 4.15. The molecule has 1 saturated heterocycles. The van der Waals surface area contributed by atoms with Crippen LogP contribution in [0, 0.1) is 29.6 Å². The van der Waals surface area contributed by atoms with Gasteiger partial charge in [0, 0.05) is 27.5 Å². The van der Waals surface area contributed by atoms with Gasteiger partial charge in [-0.3, -0.25) is 24.1 Å². The third kappa shape index (κ3) is 2.85. The van der Waals surface area contributed by atoms with Crippen molar-refractivity contribution in [2.24, 2.45) is 29.6 Å². The maximum atomic E-state index is 13.4. The number of rotatable bonds is 5. The number of carbonyl (C=O) groups is 3. The molecule has 2 saturated carbocycles. The van der Waals surface area contributed by atoms with Crippen LogP contribution in [-0.4, -0.2) is 46.1 Å². The zero-order valence-corrected chi connectivity index (χ0v) is 19.8. The number of amides is 2. The number of thioether (sulfide) groups is 1. The Morgan fingerprint density at radius 3 is 2.72 bits per heavy atom. The largest absolute Gasteiger partial charge is 0.466 e. The first-order chi connectivity index (χ1) is 15.5. The van der Waals surface area contributed by atoms with Crippen LogP contribution in [0.5, 0.6) is 0 Å². The van der Waals surface area contributed by atoms with Gasteiger partial charge in [-0.15, -0.1) is 23.1 Å². The Morgan fingerprint density at radius 2 is 2.00 bits per heavy atom. The van der Waals surface area contributed by atoms with Gasteiger partial charge in [-0.2, -0.15) is 0 Å². The van der Waals surface area contributed by atoms with E-state index < -0.39 is 0 Å². The van der Waals surface area contributed by atoms with Crippen molar-refractivity contribution >= 4 is 52.2 Å². The number of nitrogens with zero attached hydrogens (tertiary/aromatic N) is 1. The van der Waals surface area contributed by atoms with Crippen molar-refractivity contribution in [3.63, 3.8) is 0 Å². The fraction of sp³-hybridized carbons (Fsp3) is 0.545. The fourth-order valence-electron chi connectivity index (χ4n) is 6.52. The normalized spacial score (nSPS) is 34.5. The molecule has 2 aromatic heterocycles. The van der Waals surface area contributed by atoms with Crippen LogP contribution >= 0.6 is 34.4 Å². The molecule has 7 atom stereocenters. The van der Waals surface area contributed by atoms with Gasteiger partial charge in [-0.25, -0.2) is 0 Å². The van der Waals surface area contributed by atoms with E-state index in [1.807, 2.05) is 6.07 Å². The minimum atomic E-state index is -0.386. The van der Waals surface area contributed by atoms with Gasteiger partial charge in [0.2, 0.25) is 11.8 Å². The number of H-pyrrole nitrogens is 1. The van der Waals surface area contributed by atoms with Gasteiger partial charge >= 0.3 is 10.8 Å². The number of hydrogen-bond acceptors (Lipinski definition) is 8. The van der Waals surface area contributed by atoms with Gasteiger partial charge < -0.3 is 9.72 Å². The molecular weight excluding hydrogens is 468 g/mol. The highest BCUT2D eigenvalue weighted by molar-refractivity contribution is 8.00. The molecule has 32 heavy (non-hydrogen) atoms. The van der Waals surface area contributed by atoms with Crippen molar-refractivity contribution in [3.05, 3.63) is 36.9 Å². The van der Waals surface area contributed by atoms with E-state index in [0.717, 1.165) is 16.3 Å². The molecular formula is C22H22N2O5S3. The standard InChI is InChI=1S/C22H22N2O5S3/c1-2-29-12(25)5-6-24-20(26)14-9-8-10(15(14)21(24)27)17-13(9)16(11-4-3-7-30-11)18-19(31-17)23-22(28)32-18/h3-4,7,9-10,13-17H,2,5-6,8H2,1H3,(H,23,28)/t9-,10-,13-,14-,15-,16-,17+/m0/s1. The molecule has 2 aliphatic carbocycles. The van der Waals surface area contributed by atoms with Crippen molar-refractivity contribution in [2.45, 2.75) is 36.0 Å². The number of aromatic amines is 1. The predicted molar refractivity (Wildman–Crippen MR) is 121 cm³/mol. The molecule has 2 aliphatic heterocycles. The number of ether oxygens (including phenoxy) is 1. The number of thiophene rings is 1. The summed E-state index contributed by atoms with van der Waals surface area (Å²) >= 11 is 4.66. The van der Waals surface area contributed by atoms with E-state index in [0.29, 0.717) is 0 Å². The Bertz CT molecular complexity index is 1150. The van der Waals surface area contributed by atoms with Crippen molar-refractivity contribution in [3.8, 4) is 0 Å². The molecule has 1 N–H and O–H groups in total. The lowest BCUT2D eigenvalue weighted by Crippen LogP contribution is -2.42. The Labute approximate surface area is 196 Å². The van der Waals surface area contributed by atoms with Gasteiger partial charge in [0.15, 0.2) is 0 Å². The SMILES string of the molecule is CCOC(=O)CCN1C(=O)[C@H]2[C@@H]3C[C@H]([C@@H]2C1=O)[C@H]1[C@H](c2cccs2)c2sc(=O)[nH]c2S[C@H]31. The maximum Gasteiger partial charge on any atom is 0.307 e. The summed E-state index contributed by atoms with van der Waals surface area (Å²) in [4.78, 5) is 57.2. The number of thiazole rings is 1. The van der Waals surface area contributed by atoms with E-state index in [-0.39, 0.29) is 83.0 Å². The number of nitrogens with one attached hydrogen (secondary N) is 1. The molecule has 6 rings (SSSR count). The summed E-state index contributed by atoms with van der Waals surface area (Å²) in [5.41, 5.74) is 0. The van der Waals surface area contributed by atoms with Crippen LogP contribution in [0.15, 0.2) is 27.3 Å². The molecule has 168 valence electrons. The van der Waals surface area contributed by atoms with Gasteiger partial charge in [-0.1, -0.05) is 17.4 Å². The fourth-order valence-corrected chi connectivity index (χ4v) is 10.4. The van der Waals surface area contributed by atoms with Crippen LogP contribution in [-0.2, 0) is 19.1 Å². The molecule has 4 heterocycles. The van der Waals surface area contributed by atoms with Gasteiger partial charge in [-0.05, 0) is 42.5 Å². The molecule has 0 unspecified atom stereocenters. The lowest BCUT2D eigenvalue weighted by molar-refractivity contribution is -0.145. The Kier molecular flexibility index (Phi) is 4.89. The Morgan fingerprint density at radius 1 is 1.22 bits per heavy atom. The topological polar surface area (TPSA) is 96.5 Å². The van der Waals surface area contributed by atoms with Crippen molar-refractivity contribution in [1.29, 1.82) is 0 Å². The second kappa shape index (κ2) is 7.56. The highest BCUT2D eigenvalue weighted by Crippen LogP contribution is 2.68. The number of esters is 1. The summed E-state index contributed by atoms with van der Waals surface area (Å²) in [6.45, 7) is 2.12. The van der Waals surface area contributed by atoms with E-state index in [2.05, 4.69) is 16.4 Å². The number of carbonyl (C=O) groups excluding carboxylic acids is 3. The van der Waals surface area contributed by atoms with Crippen LogP contribution in [0.3, 0.4) is 0 Å². The van der Waals surface area contributed by atoms with Gasteiger partial charge in [0.25, 0.3) is 0 Å². The summed E-state index contributed by atoms with van der Waals surface area (Å²) in [6.07, 6.45) is 0.917. The van der Waals surface area contributed by atoms with Gasteiger partial charge in [0.05, 0.1) is 29.9 Å². The van der Waals surface area contributed by atoms with Crippen LogP contribution in [0.2, 0.25) is 0 Å². The average Bonchev–Trinajstić information content (AvgIpc) is 3.55. The number of aromatic nitrogens is 1. The zero-order chi connectivity index (χ0) is 22.1. The van der Waals surface area contributed by atoms with E-state index in [9.17, 15) is 19.2 Å². The highest BCUT2D eigenvalue weighted by atomic mass is 32.2. The van der Waals surface area contributed by atoms with E-state index >= 15 is 0 Å². The minimum Gasteiger partial charge on any atom is -0.466 e. The van der Waals surface area contributed by atoms with E-state index in [1.165, 1.54) is 21.1 Å². The molecule has 4 aliphatic rings. The molecule has 10 heteroatoms. The monoisotopic (exact) mass is 490 g/mol. The van der Waals surface area contributed by atoms with E-state index in [4.69, 9.17) is 4.74 Å². The lowest BCUT2D eigenvalue weighted by atomic mass is 9.69. The van der Waals surface area contributed by atoms with Gasteiger partial charge in [0.1, 0.15) is 0 Å². The predicted octanol–water partition coefficient (Wildman–Crippen LogP) is 2.92. The Hall–Kier alpha value is -1.91. The first kappa shape index (κ1) is 20.7. The van der Waals surface area contributed by atoms with Crippen molar-refractivity contribution < 1.29 is 19.1 Å². The van der Waals surface area contributed by atoms with Crippen LogP contribution in [0.25, 0.3) is 0 Å². The molecule has 2 aromatic rings. The summed E-state index contributed by atoms with van der Waals surface area (Å²) < 4.78 is 4.97. The van der Waals surface area contributed by atoms with Crippen LogP contribution < -0.4 is 4.87 Å². The maximum absolute atomic E-state index is 13.4. The quantitative estimate of drug-likeness (QED) is 0.511. The number of hydrogen-bond donors (Lipinski definition) is 1. The Balaban J connectivity index is 1.33. The first-order valence-electron chi connectivity index (χ1n) is 10.9. The number of likely N-dealkylation sites (tertiary alicyclic amines) is 1. The molecule has 2 bridgehead atoms. The van der Waals surface area contributed by atoms with Crippen LogP contribution in [0.4, 0.5) is 0 Å². The second-order valence-corrected chi connectivity index (χ2v) is 12.0. The molecule has 2 amide bonds. The first-order valence-corrected chi connectivity index (χ1v) is 13.5. The highest BCUT2D eigenvalue weighted by Gasteiger charge is 2.69. The van der Waals surface area contributed by atoms with Crippen LogP contribution in [0.1, 0.15) is 35.4 Å². The smallest absolute Gasteiger partial charge is 0.307 e. The minimum absolute atomic E-state index is 0.0397. The average molecular weight is 491 g/mol. The summed E-state index contributed by atoms with van der Waals surface area (Å²) in [5.74, 6) is -0.712.